The maximum atomic E-state index is 10.8. The first-order chi connectivity index (χ1) is 13.0. The molecule has 1 saturated heterocycles. The van der Waals surface area contributed by atoms with Gasteiger partial charge in [0.25, 0.3) is 0 Å². The van der Waals surface area contributed by atoms with E-state index in [1.807, 2.05) is 0 Å². The number of aromatic hydroxyl groups is 2. The van der Waals surface area contributed by atoms with E-state index in [1.54, 1.807) is 30.3 Å². The number of rotatable bonds is 6. The van der Waals surface area contributed by atoms with E-state index in [1.165, 1.54) is 20.3 Å². The lowest BCUT2D eigenvalue weighted by Gasteiger charge is -2.25. The van der Waals surface area contributed by atoms with Crippen LogP contribution in [0, 0.1) is 11.8 Å². The quantitative estimate of drug-likeness (QED) is 0.612. The molecule has 1 aliphatic heterocycles. The largest absolute Gasteiger partial charge is 0.504 e. The van der Waals surface area contributed by atoms with Crippen LogP contribution < -0.4 is 9.47 Å². The van der Waals surface area contributed by atoms with Crippen molar-refractivity contribution in [3.05, 3.63) is 47.5 Å². The number of hydrogen-bond acceptors (Lipinski definition) is 7. The molecule has 3 rings (SSSR count). The Morgan fingerprint density at radius 2 is 1.67 bits per heavy atom. The third kappa shape index (κ3) is 3.66. The van der Waals surface area contributed by atoms with Crippen LogP contribution in [-0.4, -0.2) is 47.9 Å². The monoisotopic (exact) mass is 376 g/mol. The molecule has 0 aliphatic carbocycles. The number of aliphatic hydroxyl groups is 2. The first-order valence-electron chi connectivity index (χ1n) is 8.64. The lowest BCUT2D eigenvalue weighted by molar-refractivity contribution is 0.0632. The summed E-state index contributed by atoms with van der Waals surface area (Å²) in [6.45, 7) is 0.0396. The number of hydrogen-bond donors (Lipinski definition) is 4. The second-order valence-corrected chi connectivity index (χ2v) is 6.57. The Morgan fingerprint density at radius 1 is 1.04 bits per heavy atom. The third-order valence-corrected chi connectivity index (χ3v) is 5.10. The molecule has 0 spiro atoms. The second kappa shape index (κ2) is 8.04. The first-order valence-corrected chi connectivity index (χ1v) is 8.64. The molecule has 0 amide bonds. The maximum Gasteiger partial charge on any atom is 0.160 e. The maximum absolute atomic E-state index is 10.8. The molecule has 4 N–H and O–H groups in total. The van der Waals surface area contributed by atoms with Gasteiger partial charge in [0.15, 0.2) is 23.0 Å². The smallest absolute Gasteiger partial charge is 0.160 e. The SMILES string of the molecule is COc1ccc(C(O)C2COC(c3ccc(OC)c(O)c3)C2CO)cc1O. The zero-order chi connectivity index (χ0) is 19.6. The summed E-state index contributed by atoms with van der Waals surface area (Å²) < 4.78 is 15.9. The highest BCUT2D eigenvalue weighted by Crippen LogP contribution is 2.45. The molecule has 7 heteroatoms. The molecule has 1 fully saturated rings. The van der Waals surface area contributed by atoms with Gasteiger partial charge >= 0.3 is 0 Å². The van der Waals surface area contributed by atoms with Gasteiger partial charge in [-0.05, 0) is 35.4 Å². The van der Waals surface area contributed by atoms with Crippen molar-refractivity contribution < 1.29 is 34.6 Å². The Morgan fingerprint density at radius 3 is 2.22 bits per heavy atom. The zero-order valence-corrected chi connectivity index (χ0v) is 15.2. The third-order valence-electron chi connectivity index (χ3n) is 5.10. The molecule has 0 aromatic heterocycles. The lowest BCUT2D eigenvalue weighted by atomic mass is 9.82. The van der Waals surface area contributed by atoms with E-state index in [4.69, 9.17) is 14.2 Å². The van der Waals surface area contributed by atoms with Gasteiger partial charge in [-0.25, -0.2) is 0 Å². The summed E-state index contributed by atoms with van der Waals surface area (Å²) in [5.41, 5.74) is 1.21. The summed E-state index contributed by atoms with van der Waals surface area (Å²) in [4.78, 5) is 0. The van der Waals surface area contributed by atoms with Gasteiger partial charge in [-0.2, -0.15) is 0 Å². The number of benzene rings is 2. The summed E-state index contributed by atoms with van der Waals surface area (Å²) in [7, 11) is 2.92. The predicted octanol–water partition coefficient (Wildman–Crippen LogP) is 2.14. The zero-order valence-electron chi connectivity index (χ0n) is 15.2. The molecular weight excluding hydrogens is 352 g/mol. The fraction of sp³-hybridized carbons (Fsp3) is 0.400. The molecule has 27 heavy (non-hydrogen) atoms. The fourth-order valence-corrected chi connectivity index (χ4v) is 3.61. The molecule has 4 unspecified atom stereocenters. The molecule has 0 saturated carbocycles. The van der Waals surface area contributed by atoms with Crippen molar-refractivity contribution >= 4 is 0 Å². The molecular formula is C20H24O7. The molecule has 7 nitrogen and oxygen atoms in total. The minimum atomic E-state index is -0.934. The summed E-state index contributed by atoms with van der Waals surface area (Å²) in [5.74, 6) is -0.167. The van der Waals surface area contributed by atoms with Gasteiger partial charge in [0, 0.05) is 18.4 Å². The number of phenolic OH excluding ortho intramolecular Hbond substituents is 2. The van der Waals surface area contributed by atoms with Gasteiger partial charge < -0.3 is 34.6 Å². The molecule has 4 atom stereocenters. The van der Waals surface area contributed by atoms with Crippen LogP contribution in [-0.2, 0) is 4.74 Å². The highest BCUT2D eigenvalue weighted by Gasteiger charge is 2.42. The Balaban J connectivity index is 1.83. The normalized spacial score (nSPS) is 23.2. The summed E-state index contributed by atoms with van der Waals surface area (Å²) >= 11 is 0. The van der Waals surface area contributed by atoms with Crippen LogP contribution in [0.5, 0.6) is 23.0 Å². The fourth-order valence-electron chi connectivity index (χ4n) is 3.61. The highest BCUT2D eigenvalue weighted by molar-refractivity contribution is 5.44. The predicted molar refractivity (Wildman–Crippen MR) is 97.0 cm³/mol. The number of ether oxygens (including phenoxy) is 3. The Hall–Kier alpha value is -2.48. The summed E-state index contributed by atoms with van der Waals surface area (Å²) in [6.07, 6.45) is -1.41. The minimum Gasteiger partial charge on any atom is -0.504 e. The molecule has 2 aromatic carbocycles. The Labute approximate surface area is 157 Å². The van der Waals surface area contributed by atoms with Gasteiger partial charge in [0.2, 0.25) is 0 Å². The van der Waals surface area contributed by atoms with E-state index in [-0.39, 0.29) is 36.5 Å². The first kappa shape index (κ1) is 19.3. The number of methoxy groups -OCH3 is 2. The van der Waals surface area contributed by atoms with Crippen LogP contribution in [0.15, 0.2) is 36.4 Å². The van der Waals surface area contributed by atoms with Gasteiger partial charge in [-0.3, -0.25) is 0 Å². The van der Waals surface area contributed by atoms with Crippen molar-refractivity contribution in [2.24, 2.45) is 11.8 Å². The molecule has 1 aliphatic rings. The highest BCUT2D eigenvalue weighted by atomic mass is 16.5. The van der Waals surface area contributed by atoms with E-state index < -0.39 is 12.2 Å². The standard InChI is InChI=1S/C20H24O7/c1-25-17-5-3-11(7-15(17)22)19(24)14-10-27-20(13(14)9-21)12-4-6-18(26-2)16(23)8-12/h3-8,13-14,19-24H,9-10H2,1-2H3. The summed E-state index contributed by atoms with van der Waals surface area (Å²) in [6, 6.07) is 9.64. The van der Waals surface area contributed by atoms with Crippen molar-refractivity contribution in [1.82, 2.24) is 0 Å². The van der Waals surface area contributed by atoms with Crippen LogP contribution >= 0.6 is 0 Å². The summed E-state index contributed by atoms with van der Waals surface area (Å²) in [5, 5.41) is 40.7. The van der Waals surface area contributed by atoms with Gasteiger partial charge in [0.05, 0.1) is 33.0 Å². The topological polar surface area (TPSA) is 109 Å². The van der Waals surface area contributed by atoms with Crippen molar-refractivity contribution in [1.29, 1.82) is 0 Å². The van der Waals surface area contributed by atoms with Crippen molar-refractivity contribution in [3.63, 3.8) is 0 Å². The van der Waals surface area contributed by atoms with Crippen molar-refractivity contribution in [2.45, 2.75) is 12.2 Å². The van der Waals surface area contributed by atoms with Crippen LogP contribution in [0.2, 0.25) is 0 Å². The van der Waals surface area contributed by atoms with Gasteiger partial charge in [-0.15, -0.1) is 0 Å². The average molecular weight is 376 g/mol. The molecule has 1 heterocycles. The number of aliphatic hydroxyl groups excluding tert-OH is 2. The molecule has 0 radical (unpaired) electrons. The van der Waals surface area contributed by atoms with E-state index in [0.29, 0.717) is 22.6 Å². The molecule has 146 valence electrons. The molecule has 0 bridgehead atoms. The average Bonchev–Trinajstić information content (AvgIpc) is 3.11. The van der Waals surface area contributed by atoms with E-state index in [0.717, 1.165) is 0 Å². The van der Waals surface area contributed by atoms with Gasteiger partial charge in [0.1, 0.15) is 0 Å². The Kier molecular flexibility index (Phi) is 5.74. The van der Waals surface area contributed by atoms with E-state index >= 15 is 0 Å². The van der Waals surface area contributed by atoms with Crippen LogP contribution in [0.1, 0.15) is 23.3 Å². The molecule has 2 aromatic rings. The second-order valence-electron chi connectivity index (χ2n) is 6.57. The van der Waals surface area contributed by atoms with Crippen LogP contribution in [0.4, 0.5) is 0 Å². The van der Waals surface area contributed by atoms with Crippen LogP contribution in [0.3, 0.4) is 0 Å². The van der Waals surface area contributed by atoms with Gasteiger partial charge in [-0.1, -0.05) is 12.1 Å². The van der Waals surface area contributed by atoms with Crippen LogP contribution in [0.25, 0.3) is 0 Å². The van der Waals surface area contributed by atoms with Crippen molar-refractivity contribution in [2.75, 3.05) is 27.4 Å². The van der Waals surface area contributed by atoms with Crippen molar-refractivity contribution in [3.8, 4) is 23.0 Å². The Bertz CT molecular complexity index is 792. The van der Waals surface area contributed by atoms with E-state index in [9.17, 15) is 20.4 Å². The minimum absolute atomic E-state index is 0.0145. The number of phenols is 2. The lowest BCUT2D eigenvalue weighted by Crippen LogP contribution is -2.25. The van der Waals surface area contributed by atoms with E-state index in [2.05, 4.69) is 0 Å².